The molecule has 3 atom stereocenters. The summed E-state index contributed by atoms with van der Waals surface area (Å²) in [4.78, 5) is 10.8. The topological polar surface area (TPSA) is 35.5 Å². The normalized spacial score (nSPS) is 33.3. The summed E-state index contributed by atoms with van der Waals surface area (Å²) in [5.41, 5.74) is 1.67. The zero-order valence-electron chi connectivity index (χ0n) is 15.7. The summed E-state index contributed by atoms with van der Waals surface area (Å²) in [5, 5.41) is 0. The lowest BCUT2D eigenvalue weighted by molar-refractivity contribution is -0.210. The first kappa shape index (κ1) is 17.0. The molecule has 1 aliphatic heterocycles. The van der Waals surface area contributed by atoms with Crippen molar-refractivity contribution in [2.24, 2.45) is 10.8 Å². The van der Waals surface area contributed by atoms with E-state index in [1.54, 1.807) is 0 Å². The van der Waals surface area contributed by atoms with Crippen LogP contribution in [0.3, 0.4) is 0 Å². The highest BCUT2D eigenvalue weighted by atomic mass is 16.5. The molecule has 1 spiro atoms. The number of hydrogen-bond donors (Lipinski definition) is 0. The molecule has 27 heavy (non-hydrogen) atoms. The van der Waals surface area contributed by atoms with Crippen molar-refractivity contribution in [2.75, 3.05) is 6.61 Å². The molecule has 0 bridgehead atoms. The van der Waals surface area contributed by atoms with Crippen LogP contribution in [0.15, 0.2) is 54.6 Å². The number of rotatable bonds is 7. The molecule has 0 amide bonds. The molecule has 0 N–H and O–H groups in total. The van der Waals surface area contributed by atoms with Crippen LogP contribution in [0.5, 0.6) is 11.5 Å². The van der Waals surface area contributed by atoms with E-state index in [9.17, 15) is 4.79 Å². The smallest absolute Gasteiger partial charge is 0.127 e. The fraction of sp³-hybridized carbons (Fsp3) is 0.458. The maximum Gasteiger partial charge on any atom is 0.127 e. The van der Waals surface area contributed by atoms with Gasteiger partial charge in [-0.25, -0.2) is 0 Å². The van der Waals surface area contributed by atoms with E-state index in [-0.39, 0.29) is 16.4 Å². The molecule has 3 nitrogen and oxygen atoms in total. The van der Waals surface area contributed by atoms with E-state index in [0.29, 0.717) is 6.42 Å². The monoisotopic (exact) mass is 362 g/mol. The summed E-state index contributed by atoms with van der Waals surface area (Å²) in [7, 11) is 0. The zero-order chi connectivity index (χ0) is 18.4. The Morgan fingerprint density at radius 1 is 0.963 bits per heavy atom. The standard InChI is InChI=1S/C24H26O3/c25-16-5-4-11-22-12-13-23(22)14-15-24(23,26-18-22)19-7-6-10-21(17-19)27-20-8-2-1-3-9-20/h1-3,6-10,16-17H,4-5,11-15,18H2. The van der Waals surface area contributed by atoms with Gasteiger partial charge in [0.05, 0.1) is 12.2 Å². The Kier molecular flexibility index (Phi) is 3.90. The zero-order valence-corrected chi connectivity index (χ0v) is 15.7. The minimum Gasteiger partial charge on any atom is -0.457 e. The third kappa shape index (κ3) is 2.27. The average molecular weight is 362 g/mol. The van der Waals surface area contributed by atoms with Gasteiger partial charge in [0, 0.05) is 17.3 Å². The van der Waals surface area contributed by atoms with Crippen molar-refractivity contribution in [3.05, 3.63) is 60.2 Å². The molecule has 3 fully saturated rings. The Morgan fingerprint density at radius 3 is 2.48 bits per heavy atom. The number of para-hydroxylation sites is 1. The average Bonchev–Trinajstić information content (AvgIpc) is 2.78. The molecular formula is C24H26O3. The summed E-state index contributed by atoms with van der Waals surface area (Å²) < 4.78 is 12.7. The maximum absolute atomic E-state index is 10.8. The van der Waals surface area contributed by atoms with Crippen LogP contribution in [-0.4, -0.2) is 12.9 Å². The largest absolute Gasteiger partial charge is 0.457 e. The molecule has 2 aromatic carbocycles. The van der Waals surface area contributed by atoms with Crippen molar-refractivity contribution in [1.82, 2.24) is 0 Å². The third-order valence-electron chi connectivity index (χ3n) is 7.57. The lowest BCUT2D eigenvalue weighted by atomic mass is 9.36. The van der Waals surface area contributed by atoms with Gasteiger partial charge in [0.15, 0.2) is 0 Å². The second kappa shape index (κ2) is 6.20. The Hall–Kier alpha value is -2.13. The van der Waals surface area contributed by atoms with E-state index in [1.165, 1.54) is 24.8 Å². The van der Waals surface area contributed by atoms with E-state index in [4.69, 9.17) is 9.47 Å². The number of carbonyl (C=O) groups excluding carboxylic acids is 1. The molecule has 0 aromatic heterocycles. The van der Waals surface area contributed by atoms with Gasteiger partial charge < -0.3 is 14.3 Å². The van der Waals surface area contributed by atoms with Crippen LogP contribution in [0.2, 0.25) is 0 Å². The van der Waals surface area contributed by atoms with E-state index < -0.39 is 0 Å². The highest BCUT2D eigenvalue weighted by Crippen LogP contribution is 2.80. The molecule has 3 unspecified atom stereocenters. The molecular weight excluding hydrogens is 336 g/mol. The van der Waals surface area contributed by atoms with Crippen molar-refractivity contribution in [1.29, 1.82) is 0 Å². The first-order chi connectivity index (χ1) is 13.2. The van der Waals surface area contributed by atoms with Crippen molar-refractivity contribution in [3.8, 4) is 11.5 Å². The number of ether oxygens (including phenoxy) is 2. The third-order valence-corrected chi connectivity index (χ3v) is 7.57. The fourth-order valence-corrected chi connectivity index (χ4v) is 6.04. The van der Waals surface area contributed by atoms with Crippen LogP contribution >= 0.6 is 0 Å². The minimum absolute atomic E-state index is 0.150. The lowest BCUT2D eigenvalue weighted by Crippen LogP contribution is -2.64. The quantitative estimate of drug-likeness (QED) is 0.473. The summed E-state index contributed by atoms with van der Waals surface area (Å²) in [6.45, 7) is 0.843. The van der Waals surface area contributed by atoms with Gasteiger partial charge in [-0.1, -0.05) is 30.3 Å². The van der Waals surface area contributed by atoms with Crippen LogP contribution in [0.1, 0.15) is 50.5 Å². The van der Waals surface area contributed by atoms with Crippen LogP contribution in [0, 0.1) is 10.8 Å². The van der Waals surface area contributed by atoms with E-state index in [1.807, 2.05) is 36.4 Å². The summed E-state index contributed by atoms with van der Waals surface area (Å²) in [5.74, 6) is 1.73. The molecule has 3 heteroatoms. The van der Waals surface area contributed by atoms with Gasteiger partial charge in [-0.05, 0) is 68.4 Å². The van der Waals surface area contributed by atoms with Crippen molar-refractivity contribution >= 4 is 6.29 Å². The molecule has 3 aliphatic rings. The van der Waals surface area contributed by atoms with E-state index >= 15 is 0 Å². The van der Waals surface area contributed by atoms with Gasteiger partial charge in [-0.3, -0.25) is 0 Å². The van der Waals surface area contributed by atoms with Gasteiger partial charge in [0.2, 0.25) is 0 Å². The van der Waals surface area contributed by atoms with E-state index in [2.05, 4.69) is 18.2 Å². The molecule has 2 aliphatic carbocycles. The maximum atomic E-state index is 10.8. The minimum atomic E-state index is -0.150. The second-order valence-electron chi connectivity index (χ2n) is 8.48. The first-order valence-corrected chi connectivity index (χ1v) is 10.1. The van der Waals surface area contributed by atoms with Crippen LogP contribution in [-0.2, 0) is 15.1 Å². The summed E-state index contributed by atoms with van der Waals surface area (Å²) >= 11 is 0. The Bertz CT molecular complexity index is 844. The van der Waals surface area contributed by atoms with Gasteiger partial charge >= 0.3 is 0 Å². The molecule has 1 heterocycles. The highest BCUT2D eigenvalue weighted by Gasteiger charge is 2.78. The second-order valence-corrected chi connectivity index (χ2v) is 8.48. The Balaban J connectivity index is 1.42. The first-order valence-electron chi connectivity index (χ1n) is 10.1. The van der Waals surface area contributed by atoms with Crippen molar-refractivity contribution < 1.29 is 14.3 Å². The number of hydrogen-bond acceptors (Lipinski definition) is 3. The lowest BCUT2D eigenvalue weighted by Gasteiger charge is -2.67. The summed E-state index contributed by atoms with van der Waals surface area (Å²) in [6, 6.07) is 18.4. The number of carbonyl (C=O) groups is 1. The van der Waals surface area contributed by atoms with Crippen molar-refractivity contribution in [2.45, 2.75) is 50.5 Å². The number of unbranched alkanes of at least 4 members (excludes halogenated alkanes) is 1. The SMILES string of the molecule is O=CCCCC12CCC13CCC3(c1cccc(Oc3ccccc3)c1)OC2. The molecule has 140 valence electrons. The van der Waals surface area contributed by atoms with Crippen LogP contribution in [0.25, 0.3) is 0 Å². The molecule has 2 aromatic rings. The Labute approximate surface area is 160 Å². The summed E-state index contributed by atoms with van der Waals surface area (Å²) in [6.07, 6.45) is 8.66. The van der Waals surface area contributed by atoms with Gasteiger partial charge in [0.1, 0.15) is 17.8 Å². The molecule has 2 saturated carbocycles. The van der Waals surface area contributed by atoms with Gasteiger partial charge in [0.25, 0.3) is 0 Å². The van der Waals surface area contributed by atoms with Gasteiger partial charge in [-0.2, -0.15) is 0 Å². The molecule has 0 radical (unpaired) electrons. The van der Waals surface area contributed by atoms with Crippen LogP contribution in [0.4, 0.5) is 0 Å². The number of benzene rings is 2. The van der Waals surface area contributed by atoms with Crippen molar-refractivity contribution in [3.63, 3.8) is 0 Å². The highest BCUT2D eigenvalue weighted by molar-refractivity contribution is 5.49. The fourth-order valence-electron chi connectivity index (χ4n) is 6.04. The predicted octanol–water partition coefficient (Wildman–Crippen LogP) is 5.63. The molecule has 1 saturated heterocycles. The van der Waals surface area contributed by atoms with E-state index in [0.717, 1.165) is 43.7 Å². The number of aldehydes is 1. The Morgan fingerprint density at radius 2 is 1.78 bits per heavy atom. The van der Waals surface area contributed by atoms with Gasteiger partial charge in [-0.15, -0.1) is 0 Å². The van der Waals surface area contributed by atoms with Crippen LogP contribution < -0.4 is 4.74 Å². The predicted molar refractivity (Wildman–Crippen MR) is 104 cm³/mol. The molecule has 5 rings (SSSR count).